The van der Waals surface area contributed by atoms with Crippen LogP contribution in [0.1, 0.15) is 25.7 Å². The van der Waals surface area contributed by atoms with Crippen LogP contribution in [-0.4, -0.2) is 39.2 Å². The number of carbonyl (C=O) groups excluding carboxylic acids is 1. The second-order valence-corrected chi connectivity index (χ2v) is 5.90. The molecule has 0 aromatic carbocycles. The molecule has 0 unspecified atom stereocenters. The first-order chi connectivity index (χ1) is 7.53. The lowest BCUT2D eigenvalue weighted by atomic mass is 10.3. The minimum absolute atomic E-state index is 0.0287. The van der Waals surface area contributed by atoms with E-state index in [1.807, 2.05) is 0 Å². The number of hydrogen-bond acceptors (Lipinski definition) is 4. The SMILES string of the molecule is NCCCCS(=O)(=O)NCC(=O)NC1CC1. The van der Waals surface area contributed by atoms with Gasteiger partial charge in [0.1, 0.15) is 0 Å². The van der Waals surface area contributed by atoms with Crippen molar-refractivity contribution >= 4 is 15.9 Å². The van der Waals surface area contributed by atoms with Crippen LogP contribution in [0, 0.1) is 0 Å². The molecule has 4 N–H and O–H groups in total. The highest BCUT2D eigenvalue weighted by molar-refractivity contribution is 7.89. The zero-order valence-corrected chi connectivity index (χ0v) is 10.1. The average Bonchev–Trinajstić information content (AvgIpc) is 2.99. The third-order valence-electron chi connectivity index (χ3n) is 2.26. The largest absolute Gasteiger partial charge is 0.352 e. The van der Waals surface area contributed by atoms with E-state index in [0.29, 0.717) is 19.4 Å². The first kappa shape index (κ1) is 13.4. The second kappa shape index (κ2) is 6.17. The van der Waals surface area contributed by atoms with E-state index in [1.165, 1.54) is 0 Å². The number of carbonyl (C=O) groups is 1. The van der Waals surface area contributed by atoms with Crippen LogP contribution < -0.4 is 15.8 Å². The van der Waals surface area contributed by atoms with E-state index in [0.717, 1.165) is 12.8 Å². The van der Waals surface area contributed by atoms with Crippen LogP contribution in [0.25, 0.3) is 0 Å². The molecule has 7 heteroatoms. The Balaban J connectivity index is 2.15. The summed E-state index contributed by atoms with van der Waals surface area (Å²) in [5.74, 6) is -0.231. The molecule has 0 heterocycles. The van der Waals surface area contributed by atoms with Crippen molar-refractivity contribution in [1.29, 1.82) is 0 Å². The van der Waals surface area contributed by atoms with Gasteiger partial charge in [0.25, 0.3) is 0 Å². The lowest BCUT2D eigenvalue weighted by molar-refractivity contribution is -0.120. The van der Waals surface area contributed by atoms with Crippen molar-refractivity contribution in [3.63, 3.8) is 0 Å². The maximum Gasteiger partial charge on any atom is 0.235 e. The van der Waals surface area contributed by atoms with Crippen molar-refractivity contribution in [3.05, 3.63) is 0 Å². The molecule has 1 aliphatic rings. The smallest absolute Gasteiger partial charge is 0.235 e. The monoisotopic (exact) mass is 249 g/mol. The Morgan fingerprint density at radius 1 is 1.31 bits per heavy atom. The summed E-state index contributed by atoms with van der Waals surface area (Å²) in [7, 11) is -3.33. The molecule has 1 amide bonds. The molecule has 0 aliphatic heterocycles. The Labute approximate surface area is 96.0 Å². The first-order valence-corrected chi connectivity index (χ1v) is 7.15. The van der Waals surface area contributed by atoms with Gasteiger partial charge in [-0.2, -0.15) is 0 Å². The molecular formula is C9H19N3O3S. The molecule has 0 radical (unpaired) electrons. The van der Waals surface area contributed by atoms with Crippen LogP contribution in [0.4, 0.5) is 0 Å². The number of nitrogens with two attached hydrogens (primary N) is 1. The van der Waals surface area contributed by atoms with E-state index in [-0.39, 0.29) is 24.2 Å². The number of nitrogens with one attached hydrogen (secondary N) is 2. The second-order valence-electron chi connectivity index (χ2n) is 3.98. The van der Waals surface area contributed by atoms with Crippen molar-refractivity contribution in [3.8, 4) is 0 Å². The molecule has 16 heavy (non-hydrogen) atoms. The van der Waals surface area contributed by atoms with E-state index in [1.54, 1.807) is 0 Å². The van der Waals surface area contributed by atoms with Gasteiger partial charge in [0.05, 0.1) is 12.3 Å². The quantitative estimate of drug-likeness (QED) is 0.476. The van der Waals surface area contributed by atoms with Gasteiger partial charge >= 0.3 is 0 Å². The van der Waals surface area contributed by atoms with Crippen molar-refractivity contribution in [2.45, 2.75) is 31.7 Å². The van der Waals surface area contributed by atoms with Gasteiger partial charge in [0.2, 0.25) is 15.9 Å². The molecule has 1 rings (SSSR count). The molecule has 0 atom stereocenters. The fourth-order valence-electron chi connectivity index (χ4n) is 1.19. The van der Waals surface area contributed by atoms with Gasteiger partial charge in [-0.05, 0) is 32.2 Å². The number of amides is 1. The van der Waals surface area contributed by atoms with Crippen LogP contribution in [0.5, 0.6) is 0 Å². The first-order valence-electron chi connectivity index (χ1n) is 5.50. The highest BCUT2D eigenvalue weighted by atomic mass is 32.2. The van der Waals surface area contributed by atoms with Crippen LogP contribution in [0.15, 0.2) is 0 Å². The van der Waals surface area contributed by atoms with Gasteiger partial charge in [-0.15, -0.1) is 0 Å². The summed E-state index contributed by atoms with van der Waals surface area (Å²) >= 11 is 0. The highest BCUT2D eigenvalue weighted by Gasteiger charge is 2.23. The Morgan fingerprint density at radius 2 is 2.00 bits per heavy atom. The molecule has 94 valence electrons. The normalized spacial score (nSPS) is 16.1. The maximum absolute atomic E-state index is 11.4. The molecule has 0 aromatic rings. The van der Waals surface area contributed by atoms with Crippen LogP contribution >= 0.6 is 0 Å². The molecule has 1 fully saturated rings. The fourth-order valence-corrected chi connectivity index (χ4v) is 2.27. The average molecular weight is 249 g/mol. The number of hydrogen-bond donors (Lipinski definition) is 3. The maximum atomic E-state index is 11.4. The standard InChI is InChI=1S/C9H19N3O3S/c10-5-1-2-6-16(14,15)11-7-9(13)12-8-3-4-8/h8,11H,1-7,10H2,(H,12,13). The number of rotatable bonds is 8. The predicted octanol–water partition coefficient (Wildman–Crippen LogP) is -1.08. The summed E-state index contributed by atoms with van der Waals surface area (Å²) < 4.78 is 25.0. The Morgan fingerprint density at radius 3 is 2.56 bits per heavy atom. The van der Waals surface area contributed by atoms with Gasteiger partial charge in [0, 0.05) is 6.04 Å². The van der Waals surface area contributed by atoms with Crippen LogP contribution in [0.3, 0.4) is 0 Å². The van der Waals surface area contributed by atoms with Gasteiger partial charge in [0.15, 0.2) is 0 Å². The van der Waals surface area contributed by atoms with E-state index in [9.17, 15) is 13.2 Å². The van der Waals surface area contributed by atoms with E-state index in [2.05, 4.69) is 10.0 Å². The lowest BCUT2D eigenvalue weighted by Crippen LogP contribution is -2.38. The Kier molecular flexibility index (Phi) is 5.17. The summed E-state index contributed by atoms with van der Waals surface area (Å²) in [4.78, 5) is 11.2. The molecule has 6 nitrogen and oxygen atoms in total. The molecule has 1 saturated carbocycles. The fraction of sp³-hybridized carbons (Fsp3) is 0.889. The summed E-state index contributed by atoms with van der Waals surface area (Å²) in [6, 6.07) is 0.259. The Hall–Kier alpha value is -0.660. The predicted molar refractivity (Wildman–Crippen MR) is 61.2 cm³/mol. The van der Waals surface area contributed by atoms with Gasteiger partial charge < -0.3 is 11.1 Å². The number of unbranched alkanes of at least 4 members (excludes halogenated alkanes) is 1. The summed E-state index contributed by atoms with van der Waals surface area (Å²) in [6.07, 6.45) is 3.19. The summed E-state index contributed by atoms with van der Waals surface area (Å²) in [5, 5.41) is 2.71. The number of sulfonamides is 1. The minimum atomic E-state index is -3.33. The summed E-state index contributed by atoms with van der Waals surface area (Å²) in [6.45, 7) is 0.319. The molecule has 0 bridgehead atoms. The van der Waals surface area contributed by atoms with Gasteiger partial charge in [-0.25, -0.2) is 13.1 Å². The van der Waals surface area contributed by atoms with Gasteiger partial charge in [-0.1, -0.05) is 0 Å². The molecule has 0 spiro atoms. The Bertz CT molecular complexity index is 325. The van der Waals surface area contributed by atoms with Crippen molar-refractivity contribution in [2.24, 2.45) is 5.73 Å². The highest BCUT2D eigenvalue weighted by Crippen LogP contribution is 2.18. The van der Waals surface area contributed by atoms with Crippen molar-refractivity contribution < 1.29 is 13.2 Å². The van der Waals surface area contributed by atoms with Crippen LogP contribution in [-0.2, 0) is 14.8 Å². The topological polar surface area (TPSA) is 101 Å². The zero-order valence-electron chi connectivity index (χ0n) is 9.24. The molecule has 0 saturated heterocycles. The molecule has 1 aliphatic carbocycles. The molecule has 0 aromatic heterocycles. The summed E-state index contributed by atoms with van der Waals surface area (Å²) in [5.41, 5.74) is 5.26. The third kappa shape index (κ3) is 6.04. The van der Waals surface area contributed by atoms with E-state index >= 15 is 0 Å². The lowest BCUT2D eigenvalue weighted by Gasteiger charge is -2.06. The van der Waals surface area contributed by atoms with E-state index in [4.69, 9.17) is 5.73 Å². The zero-order chi connectivity index (χ0) is 12.0. The van der Waals surface area contributed by atoms with Crippen LogP contribution in [0.2, 0.25) is 0 Å². The third-order valence-corrected chi connectivity index (χ3v) is 3.67. The van der Waals surface area contributed by atoms with Gasteiger partial charge in [-0.3, -0.25) is 4.79 Å². The van der Waals surface area contributed by atoms with E-state index < -0.39 is 10.0 Å². The molecular weight excluding hydrogens is 230 g/mol. The van der Waals surface area contributed by atoms with Crippen molar-refractivity contribution in [1.82, 2.24) is 10.0 Å². The van der Waals surface area contributed by atoms with Crippen molar-refractivity contribution in [2.75, 3.05) is 18.8 Å². The minimum Gasteiger partial charge on any atom is -0.352 e.